The van der Waals surface area contributed by atoms with Crippen molar-refractivity contribution in [2.75, 3.05) is 31.9 Å². The lowest BCUT2D eigenvalue weighted by Crippen LogP contribution is -2.56. The molecule has 1 amide bonds. The standard InChI is InChI=1S/C17H26N2O4S/c1-4-14-24(21,22)19-12-10-18(11-13-19)16(20)17(2,3)23-15-8-6-5-7-9-15/h5-9H,4,10-14H2,1-3H3. The van der Waals surface area contributed by atoms with Crippen LogP contribution in [0.25, 0.3) is 0 Å². The van der Waals surface area contributed by atoms with Gasteiger partial charge in [-0.3, -0.25) is 4.79 Å². The second kappa shape index (κ2) is 7.53. The fourth-order valence-electron chi connectivity index (χ4n) is 2.76. The van der Waals surface area contributed by atoms with Gasteiger partial charge in [0.05, 0.1) is 5.75 Å². The molecule has 0 spiro atoms. The Bertz CT molecular complexity index is 650. The van der Waals surface area contributed by atoms with Gasteiger partial charge in [0.1, 0.15) is 5.75 Å². The number of rotatable bonds is 6. The second-order valence-corrected chi connectivity index (χ2v) is 8.52. The van der Waals surface area contributed by atoms with Crippen LogP contribution in [0.2, 0.25) is 0 Å². The molecule has 6 nitrogen and oxygen atoms in total. The number of piperazine rings is 1. The largest absolute Gasteiger partial charge is 0.478 e. The first-order chi connectivity index (χ1) is 11.3. The Kier molecular flexibility index (Phi) is 5.87. The molecule has 0 radical (unpaired) electrons. The summed E-state index contributed by atoms with van der Waals surface area (Å²) in [6.45, 7) is 6.80. The minimum absolute atomic E-state index is 0.126. The Hall–Kier alpha value is -1.60. The monoisotopic (exact) mass is 354 g/mol. The SMILES string of the molecule is CCCS(=O)(=O)N1CCN(C(=O)C(C)(C)Oc2ccccc2)CC1. The van der Waals surface area contributed by atoms with Gasteiger partial charge in [0.2, 0.25) is 10.0 Å². The van der Waals surface area contributed by atoms with Gasteiger partial charge >= 0.3 is 0 Å². The molecule has 1 saturated heterocycles. The summed E-state index contributed by atoms with van der Waals surface area (Å²) in [6.07, 6.45) is 0.597. The van der Waals surface area contributed by atoms with Crippen LogP contribution in [0, 0.1) is 0 Å². The van der Waals surface area contributed by atoms with E-state index in [1.54, 1.807) is 18.7 Å². The van der Waals surface area contributed by atoms with Crippen LogP contribution in [0.15, 0.2) is 30.3 Å². The maximum absolute atomic E-state index is 12.7. The summed E-state index contributed by atoms with van der Waals surface area (Å²) in [5, 5.41) is 0. The number of sulfonamides is 1. The highest BCUT2D eigenvalue weighted by atomic mass is 32.2. The summed E-state index contributed by atoms with van der Waals surface area (Å²) < 4.78 is 31.5. The van der Waals surface area contributed by atoms with Crippen molar-refractivity contribution >= 4 is 15.9 Å². The van der Waals surface area contributed by atoms with Crippen molar-refractivity contribution in [1.29, 1.82) is 0 Å². The average molecular weight is 354 g/mol. The molecular weight excluding hydrogens is 328 g/mol. The molecule has 0 N–H and O–H groups in total. The predicted octanol–water partition coefficient (Wildman–Crippen LogP) is 1.73. The third kappa shape index (κ3) is 4.48. The van der Waals surface area contributed by atoms with E-state index in [9.17, 15) is 13.2 Å². The smallest absolute Gasteiger partial charge is 0.266 e. The van der Waals surface area contributed by atoms with Gasteiger partial charge in [-0.05, 0) is 32.4 Å². The number of amides is 1. The summed E-state index contributed by atoms with van der Waals surface area (Å²) >= 11 is 0. The minimum atomic E-state index is -3.20. The average Bonchev–Trinajstić information content (AvgIpc) is 2.55. The minimum Gasteiger partial charge on any atom is -0.478 e. The van der Waals surface area contributed by atoms with Gasteiger partial charge in [-0.25, -0.2) is 8.42 Å². The second-order valence-electron chi connectivity index (χ2n) is 6.43. The van der Waals surface area contributed by atoms with Gasteiger partial charge in [0.15, 0.2) is 5.60 Å². The predicted molar refractivity (Wildman–Crippen MR) is 93.4 cm³/mol. The topological polar surface area (TPSA) is 66.9 Å². The van der Waals surface area contributed by atoms with Gasteiger partial charge in [-0.15, -0.1) is 0 Å². The van der Waals surface area contributed by atoms with Crippen LogP contribution in [0.1, 0.15) is 27.2 Å². The van der Waals surface area contributed by atoms with E-state index in [0.717, 1.165) is 0 Å². The number of carbonyl (C=O) groups is 1. The van der Waals surface area contributed by atoms with E-state index in [1.165, 1.54) is 4.31 Å². The Morgan fingerprint density at radius 1 is 1.12 bits per heavy atom. The number of para-hydroxylation sites is 1. The van der Waals surface area contributed by atoms with Crippen molar-refractivity contribution in [3.05, 3.63) is 30.3 Å². The van der Waals surface area contributed by atoms with Crippen molar-refractivity contribution in [2.24, 2.45) is 0 Å². The lowest BCUT2D eigenvalue weighted by atomic mass is 10.1. The summed E-state index contributed by atoms with van der Waals surface area (Å²) in [5.74, 6) is 0.669. The maximum atomic E-state index is 12.7. The highest BCUT2D eigenvalue weighted by Crippen LogP contribution is 2.21. The highest BCUT2D eigenvalue weighted by molar-refractivity contribution is 7.89. The molecule has 1 heterocycles. The maximum Gasteiger partial charge on any atom is 0.266 e. The zero-order valence-electron chi connectivity index (χ0n) is 14.6. The molecule has 0 atom stereocenters. The van der Waals surface area contributed by atoms with E-state index >= 15 is 0 Å². The van der Waals surface area contributed by atoms with E-state index in [0.29, 0.717) is 38.3 Å². The van der Waals surface area contributed by atoms with Crippen LogP contribution in [0.5, 0.6) is 5.75 Å². The fourth-order valence-corrected chi connectivity index (χ4v) is 4.26. The fraction of sp³-hybridized carbons (Fsp3) is 0.588. The molecule has 24 heavy (non-hydrogen) atoms. The summed E-state index contributed by atoms with van der Waals surface area (Å²) in [5.41, 5.74) is -0.994. The molecular formula is C17H26N2O4S. The molecule has 134 valence electrons. The van der Waals surface area contributed by atoms with Crippen molar-refractivity contribution in [3.8, 4) is 5.75 Å². The number of ether oxygens (including phenoxy) is 1. The Morgan fingerprint density at radius 2 is 1.71 bits per heavy atom. The lowest BCUT2D eigenvalue weighted by Gasteiger charge is -2.38. The van der Waals surface area contributed by atoms with Crippen molar-refractivity contribution in [3.63, 3.8) is 0 Å². The van der Waals surface area contributed by atoms with E-state index in [2.05, 4.69) is 0 Å². The first-order valence-corrected chi connectivity index (χ1v) is 9.88. The summed E-state index contributed by atoms with van der Waals surface area (Å²) in [6, 6.07) is 9.22. The third-order valence-corrected chi connectivity index (χ3v) is 6.09. The van der Waals surface area contributed by atoms with Gasteiger partial charge in [-0.1, -0.05) is 25.1 Å². The van der Waals surface area contributed by atoms with Gasteiger partial charge < -0.3 is 9.64 Å². The van der Waals surface area contributed by atoms with Crippen LogP contribution in [-0.2, 0) is 14.8 Å². The van der Waals surface area contributed by atoms with Crippen LogP contribution in [0.4, 0.5) is 0 Å². The number of hydrogen-bond acceptors (Lipinski definition) is 4. The molecule has 0 aromatic heterocycles. The molecule has 1 aliphatic heterocycles. The molecule has 0 unspecified atom stereocenters. The molecule has 7 heteroatoms. The molecule has 0 saturated carbocycles. The van der Waals surface area contributed by atoms with Gasteiger partial charge in [-0.2, -0.15) is 4.31 Å². The highest BCUT2D eigenvalue weighted by Gasteiger charge is 2.37. The number of benzene rings is 1. The third-order valence-electron chi connectivity index (χ3n) is 4.01. The number of hydrogen-bond donors (Lipinski definition) is 0. The molecule has 0 aliphatic carbocycles. The van der Waals surface area contributed by atoms with Crippen LogP contribution >= 0.6 is 0 Å². The first kappa shape index (κ1) is 18.7. The quantitative estimate of drug-likeness (QED) is 0.780. The van der Waals surface area contributed by atoms with Crippen LogP contribution in [-0.4, -0.2) is 61.1 Å². The molecule has 1 aromatic carbocycles. The molecule has 2 rings (SSSR count). The van der Waals surface area contributed by atoms with Crippen molar-refractivity contribution in [1.82, 2.24) is 9.21 Å². The molecule has 1 aliphatic rings. The lowest BCUT2D eigenvalue weighted by molar-refractivity contribution is -0.146. The first-order valence-electron chi connectivity index (χ1n) is 8.27. The van der Waals surface area contributed by atoms with E-state index in [1.807, 2.05) is 37.3 Å². The molecule has 1 aromatic rings. The Labute approximate surface area is 144 Å². The Balaban J connectivity index is 1.97. The zero-order chi connectivity index (χ0) is 17.8. The van der Waals surface area contributed by atoms with E-state index in [4.69, 9.17) is 4.74 Å². The van der Waals surface area contributed by atoms with E-state index in [-0.39, 0.29) is 11.7 Å². The Morgan fingerprint density at radius 3 is 2.25 bits per heavy atom. The van der Waals surface area contributed by atoms with Crippen molar-refractivity contribution in [2.45, 2.75) is 32.8 Å². The zero-order valence-corrected chi connectivity index (χ0v) is 15.4. The normalized spacial score (nSPS) is 16.9. The molecule has 1 fully saturated rings. The number of nitrogens with zero attached hydrogens (tertiary/aromatic N) is 2. The van der Waals surface area contributed by atoms with Crippen LogP contribution in [0.3, 0.4) is 0 Å². The number of carbonyl (C=O) groups excluding carboxylic acids is 1. The summed E-state index contributed by atoms with van der Waals surface area (Å²) in [7, 11) is -3.20. The molecule has 0 bridgehead atoms. The van der Waals surface area contributed by atoms with Crippen molar-refractivity contribution < 1.29 is 17.9 Å². The van der Waals surface area contributed by atoms with Gasteiger partial charge in [0.25, 0.3) is 5.91 Å². The van der Waals surface area contributed by atoms with E-state index < -0.39 is 15.6 Å². The van der Waals surface area contributed by atoms with Gasteiger partial charge in [0, 0.05) is 26.2 Å². The summed E-state index contributed by atoms with van der Waals surface area (Å²) in [4.78, 5) is 14.4. The van der Waals surface area contributed by atoms with Crippen LogP contribution < -0.4 is 4.74 Å².